The Morgan fingerprint density at radius 3 is 2.48 bits per heavy atom. The van der Waals surface area contributed by atoms with Gasteiger partial charge in [-0.05, 0) is 61.7 Å². The first-order valence-electron chi connectivity index (χ1n) is 7.45. The highest BCUT2D eigenvalue weighted by atomic mass is 35.5. The van der Waals surface area contributed by atoms with Crippen LogP contribution < -0.4 is 0 Å². The minimum absolute atomic E-state index is 0.0536. The van der Waals surface area contributed by atoms with Crippen molar-refractivity contribution >= 4 is 38.2 Å². The van der Waals surface area contributed by atoms with Crippen LogP contribution in [0.5, 0.6) is 5.88 Å². The molecular formula is C17H16ClN3O3S. The molecule has 0 atom stereocenters. The van der Waals surface area contributed by atoms with Gasteiger partial charge in [0.15, 0.2) is 5.69 Å². The average molecular weight is 378 g/mol. The van der Waals surface area contributed by atoms with Crippen LogP contribution in [0.1, 0.15) is 16.7 Å². The van der Waals surface area contributed by atoms with E-state index in [1.165, 1.54) is 6.07 Å². The van der Waals surface area contributed by atoms with Crippen molar-refractivity contribution in [2.75, 3.05) is 0 Å². The van der Waals surface area contributed by atoms with E-state index in [4.69, 9.17) is 11.6 Å². The van der Waals surface area contributed by atoms with Gasteiger partial charge < -0.3 is 10.1 Å². The fourth-order valence-electron chi connectivity index (χ4n) is 2.47. The molecule has 1 aromatic heterocycles. The lowest BCUT2D eigenvalue weighted by molar-refractivity contribution is 0.459. The molecule has 0 aliphatic heterocycles. The van der Waals surface area contributed by atoms with Gasteiger partial charge in [0.1, 0.15) is 0 Å². The summed E-state index contributed by atoms with van der Waals surface area (Å²) >= 11 is 6.05. The summed E-state index contributed by atoms with van der Waals surface area (Å²) < 4.78 is 28.3. The van der Waals surface area contributed by atoms with Crippen LogP contribution in [0.3, 0.4) is 0 Å². The summed E-state index contributed by atoms with van der Waals surface area (Å²) in [7, 11) is -3.97. The molecule has 0 amide bonds. The van der Waals surface area contributed by atoms with Crippen molar-refractivity contribution in [3.05, 3.63) is 52.0 Å². The molecule has 6 nitrogen and oxygen atoms in total. The van der Waals surface area contributed by atoms with Crippen molar-refractivity contribution < 1.29 is 13.5 Å². The standard InChI is InChI=1S/C17H16ClN3O3S/c1-9-4-5-12(8-10(9)2)25(23,24)21-20-16-13-6-7-14(18)11(3)15(13)19-17(16)22/h4-8,19,22H,1-3H3. The Kier molecular flexibility index (Phi) is 4.30. The maximum atomic E-state index is 12.4. The molecule has 1 heterocycles. The van der Waals surface area contributed by atoms with Gasteiger partial charge in [0, 0.05) is 10.4 Å². The first-order chi connectivity index (χ1) is 11.7. The number of H-pyrrole nitrogens is 1. The zero-order valence-electron chi connectivity index (χ0n) is 13.8. The molecule has 0 radical (unpaired) electrons. The zero-order valence-corrected chi connectivity index (χ0v) is 15.4. The summed E-state index contributed by atoms with van der Waals surface area (Å²) in [5, 5.41) is 14.9. The summed E-state index contributed by atoms with van der Waals surface area (Å²) in [4.78, 5) is 2.80. The van der Waals surface area contributed by atoms with E-state index in [2.05, 4.69) is 14.6 Å². The van der Waals surface area contributed by atoms with Crippen molar-refractivity contribution in [3.8, 4) is 5.88 Å². The number of aromatic nitrogens is 1. The number of aryl methyl sites for hydroxylation is 3. The van der Waals surface area contributed by atoms with E-state index >= 15 is 0 Å². The minimum Gasteiger partial charge on any atom is -0.493 e. The number of aromatic amines is 1. The van der Waals surface area contributed by atoms with Crippen molar-refractivity contribution in [2.45, 2.75) is 25.7 Å². The average Bonchev–Trinajstić information content (AvgIpc) is 2.88. The van der Waals surface area contributed by atoms with Gasteiger partial charge in [0.2, 0.25) is 5.88 Å². The second kappa shape index (κ2) is 6.16. The molecule has 0 saturated heterocycles. The van der Waals surface area contributed by atoms with Gasteiger partial charge in [-0.2, -0.15) is 8.42 Å². The number of sulfonamides is 1. The van der Waals surface area contributed by atoms with Crippen LogP contribution in [0.4, 0.5) is 5.69 Å². The monoisotopic (exact) mass is 377 g/mol. The van der Waals surface area contributed by atoms with E-state index < -0.39 is 10.0 Å². The highest BCUT2D eigenvalue weighted by Gasteiger charge is 2.17. The molecule has 8 heteroatoms. The number of hydrogen-bond donors (Lipinski definition) is 2. The maximum Gasteiger partial charge on any atom is 0.299 e. The molecule has 0 unspecified atom stereocenters. The van der Waals surface area contributed by atoms with Crippen molar-refractivity contribution in [1.82, 2.24) is 4.98 Å². The van der Waals surface area contributed by atoms with E-state index in [1.54, 1.807) is 31.2 Å². The lowest BCUT2D eigenvalue weighted by Crippen LogP contribution is -1.97. The molecule has 0 fully saturated rings. The largest absolute Gasteiger partial charge is 0.493 e. The van der Waals surface area contributed by atoms with Crippen LogP contribution >= 0.6 is 11.6 Å². The molecule has 0 saturated carbocycles. The van der Waals surface area contributed by atoms with E-state index in [0.717, 1.165) is 16.7 Å². The topological polar surface area (TPSA) is 94.9 Å². The molecule has 0 spiro atoms. The lowest BCUT2D eigenvalue weighted by atomic mass is 10.1. The first-order valence-corrected chi connectivity index (χ1v) is 9.27. The first kappa shape index (κ1) is 17.4. The van der Waals surface area contributed by atoms with E-state index in [-0.39, 0.29) is 16.5 Å². The Balaban J connectivity index is 2.07. The smallest absolute Gasteiger partial charge is 0.299 e. The number of hydrogen-bond acceptors (Lipinski definition) is 4. The van der Waals surface area contributed by atoms with Gasteiger partial charge in [-0.15, -0.1) is 5.11 Å². The number of rotatable bonds is 3. The fourth-order valence-corrected chi connectivity index (χ4v) is 3.47. The van der Waals surface area contributed by atoms with Crippen LogP contribution in [0.2, 0.25) is 5.02 Å². The maximum absolute atomic E-state index is 12.4. The third-order valence-electron chi connectivity index (χ3n) is 4.15. The summed E-state index contributed by atoms with van der Waals surface area (Å²) in [6.45, 7) is 5.50. The Hall–Kier alpha value is -2.38. The normalized spacial score (nSPS) is 12.3. The molecule has 0 aliphatic carbocycles. The molecule has 3 rings (SSSR count). The zero-order chi connectivity index (χ0) is 18.4. The number of halogens is 1. The molecular weight excluding hydrogens is 362 g/mol. The molecule has 25 heavy (non-hydrogen) atoms. The Bertz CT molecular complexity index is 1120. The lowest BCUT2D eigenvalue weighted by Gasteiger charge is -2.02. The quantitative estimate of drug-likeness (QED) is 0.634. The van der Waals surface area contributed by atoms with E-state index in [9.17, 15) is 13.5 Å². The SMILES string of the molecule is Cc1ccc(S(=O)(=O)N=Nc2c(O)[nH]c3c(C)c(Cl)ccc23)cc1C. The predicted octanol–water partition coefficient (Wildman–Crippen LogP) is 4.92. The molecule has 3 aromatic rings. The number of nitrogens with one attached hydrogen (secondary N) is 1. The molecule has 2 N–H and O–H groups in total. The second-order valence-electron chi connectivity index (χ2n) is 5.82. The number of benzene rings is 2. The third-order valence-corrected chi connectivity index (χ3v) is 5.70. The van der Waals surface area contributed by atoms with Crippen molar-refractivity contribution in [3.63, 3.8) is 0 Å². The van der Waals surface area contributed by atoms with Crippen LogP contribution in [0.25, 0.3) is 10.9 Å². The molecule has 0 aliphatic rings. The highest BCUT2D eigenvalue weighted by molar-refractivity contribution is 7.90. The fraction of sp³-hybridized carbons (Fsp3) is 0.176. The van der Waals surface area contributed by atoms with Crippen LogP contribution in [0.15, 0.2) is 44.9 Å². The van der Waals surface area contributed by atoms with E-state index in [0.29, 0.717) is 15.9 Å². The van der Waals surface area contributed by atoms with Crippen LogP contribution in [0, 0.1) is 20.8 Å². The Morgan fingerprint density at radius 2 is 1.80 bits per heavy atom. The Labute approximate surface area is 150 Å². The number of nitrogens with zero attached hydrogens (tertiary/aromatic N) is 2. The highest BCUT2D eigenvalue weighted by Crippen LogP contribution is 2.39. The predicted molar refractivity (Wildman–Crippen MR) is 97.3 cm³/mol. The molecule has 2 aromatic carbocycles. The van der Waals surface area contributed by atoms with E-state index in [1.807, 2.05) is 13.8 Å². The third kappa shape index (κ3) is 3.12. The van der Waals surface area contributed by atoms with Gasteiger partial charge in [0.05, 0.1) is 10.4 Å². The molecule has 130 valence electrons. The van der Waals surface area contributed by atoms with Gasteiger partial charge in [-0.25, -0.2) is 0 Å². The Morgan fingerprint density at radius 1 is 1.08 bits per heavy atom. The second-order valence-corrected chi connectivity index (χ2v) is 7.81. The molecule has 0 bridgehead atoms. The van der Waals surface area contributed by atoms with Gasteiger partial charge in [0.25, 0.3) is 10.0 Å². The van der Waals surface area contributed by atoms with Gasteiger partial charge >= 0.3 is 0 Å². The summed E-state index contributed by atoms with van der Waals surface area (Å²) in [5.74, 6) is -0.264. The van der Waals surface area contributed by atoms with Crippen LogP contribution in [-0.2, 0) is 10.0 Å². The van der Waals surface area contributed by atoms with Gasteiger partial charge in [-0.3, -0.25) is 0 Å². The number of aromatic hydroxyl groups is 1. The number of fused-ring (bicyclic) bond motifs is 1. The summed E-state index contributed by atoms with van der Waals surface area (Å²) in [6, 6.07) is 8.05. The summed E-state index contributed by atoms with van der Waals surface area (Å²) in [6.07, 6.45) is 0. The van der Waals surface area contributed by atoms with Crippen molar-refractivity contribution in [1.29, 1.82) is 0 Å². The van der Waals surface area contributed by atoms with Crippen LogP contribution in [-0.4, -0.2) is 18.5 Å². The van der Waals surface area contributed by atoms with Crippen molar-refractivity contribution in [2.24, 2.45) is 9.63 Å². The summed E-state index contributed by atoms with van der Waals surface area (Å²) in [5.41, 5.74) is 3.20. The minimum atomic E-state index is -3.97. The van der Waals surface area contributed by atoms with Gasteiger partial charge in [-0.1, -0.05) is 22.2 Å².